The summed E-state index contributed by atoms with van der Waals surface area (Å²) < 4.78 is 37.1. The third-order valence-corrected chi connectivity index (χ3v) is 4.33. The van der Waals surface area contributed by atoms with Crippen molar-refractivity contribution >= 4 is 15.7 Å². The van der Waals surface area contributed by atoms with E-state index in [0.29, 0.717) is 5.75 Å². The van der Waals surface area contributed by atoms with Crippen LogP contribution < -0.4 is 19.9 Å². The SMILES string of the molecule is COc1cc(OC)c(S(=O)(=O)NC(C)(C)CO)cc1N. The lowest BCUT2D eigenvalue weighted by atomic mass is 10.1. The van der Waals surface area contributed by atoms with E-state index in [1.165, 1.54) is 26.4 Å². The molecule has 0 atom stereocenters. The zero-order valence-corrected chi connectivity index (χ0v) is 12.7. The number of nitrogen functional groups attached to an aromatic ring is 1. The molecule has 0 aliphatic heterocycles. The van der Waals surface area contributed by atoms with E-state index in [0.717, 1.165) is 0 Å². The van der Waals surface area contributed by atoms with Crippen LogP contribution in [0.3, 0.4) is 0 Å². The number of hydrogen-bond donors (Lipinski definition) is 3. The minimum absolute atomic E-state index is 0.109. The predicted octanol–water partition coefficient (Wildman–Crippen LogP) is 0.335. The first-order valence-corrected chi connectivity index (χ1v) is 7.31. The highest BCUT2D eigenvalue weighted by molar-refractivity contribution is 7.89. The first kappa shape index (κ1) is 16.5. The van der Waals surface area contributed by atoms with E-state index < -0.39 is 15.6 Å². The van der Waals surface area contributed by atoms with Gasteiger partial charge in [0.1, 0.15) is 16.4 Å². The van der Waals surface area contributed by atoms with Gasteiger partial charge in [0.05, 0.1) is 32.1 Å². The summed E-state index contributed by atoms with van der Waals surface area (Å²) in [5, 5.41) is 9.16. The lowest BCUT2D eigenvalue weighted by Gasteiger charge is -2.24. The van der Waals surface area contributed by atoms with Gasteiger partial charge in [-0.1, -0.05) is 0 Å². The monoisotopic (exact) mass is 304 g/mol. The molecule has 1 rings (SSSR count). The fourth-order valence-electron chi connectivity index (χ4n) is 1.55. The molecule has 4 N–H and O–H groups in total. The van der Waals surface area contributed by atoms with Crippen LogP contribution in [-0.2, 0) is 10.0 Å². The molecule has 0 bridgehead atoms. The molecule has 114 valence electrons. The molecule has 0 saturated carbocycles. The van der Waals surface area contributed by atoms with Crippen molar-refractivity contribution in [1.82, 2.24) is 4.72 Å². The minimum atomic E-state index is -3.89. The summed E-state index contributed by atoms with van der Waals surface area (Å²) in [5.74, 6) is 0.430. The van der Waals surface area contributed by atoms with Gasteiger partial charge in [-0.25, -0.2) is 13.1 Å². The van der Waals surface area contributed by atoms with Gasteiger partial charge in [-0.3, -0.25) is 0 Å². The molecule has 0 unspecified atom stereocenters. The molecule has 0 heterocycles. The second kappa shape index (κ2) is 5.86. The second-order valence-corrected chi connectivity index (χ2v) is 6.54. The molecule has 8 heteroatoms. The first-order chi connectivity index (χ1) is 9.16. The number of nitrogens with two attached hydrogens (primary N) is 1. The Balaban J connectivity index is 3.35. The largest absolute Gasteiger partial charge is 0.495 e. The number of methoxy groups -OCH3 is 2. The molecular formula is C12H20N2O5S. The second-order valence-electron chi connectivity index (χ2n) is 4.89. The number of aliphatic hydroxyl groups excluding tert-OH is 1. The number of rotatable bonds is 6. The van der Waals surface area contributed by atoms with E-state index in [-0.39, 0.29) is 22.9 Å². The number of ether oxygens (including phenoxy) is 2. The topological polar surface area (TPSA) is 111 Å². The van der Waals surface area contributed by atoms with Crippen LogP contribution in [0.4, 0.5) is 5.69 Å². The summed E-state index contributed by atoms with van der Waals surface area (Å²) in [7, 11) is -1.12. The van der Waals surface area contributed by atoms with Crippen LogP contribution in [0.15, 0.2) is 17.0 Å². The highest BCUT2D eigenvalue weighted by Crippen LogP contribution is 2.34. The van der Waals surface area contributed by atoms with E-state index in [1.54, 1.807) is 13.8 Å². The van der Waals surface area contributed by atoms with Crippen molar-refractivity contribution in [2.75, 3.05) is 26.6 Å². The van der Waals surface area contributed by atoms with Crippen molar-refractivity contribution in [2.24, 2.45) is 0 Å². The van der Waals surface area contributed by atoms with Crippen LogP contribution in [0.25, 0.3) is 0 Å². The van der Waals surface area contributed by atoms with E-state index in [2.05, 4.69) is 4.72 Å². The van der Waals surface area contributed by atoms with Gasteiger partial charge in [0.15, 0.2) is 0 Å². The quantitative estimate of drug-likeness (QED) is 0.653. The summed E-state index contributed by atoms with van der Waals surface area (Å²) >= 11 is 0. The summed E-state index contributed by atoms with van der Waals surface area (Å²) in [6, 6.07) is 2.66. The molecule has 0 aliphatic rings. The molecule has 1 aromatic rings. The van der Waals surface area contributed by atoms with E-state index in [1.807, 2.05) is 0 Å². The maximum absolute atomic E-state index is 12.3. The molecule has 7 nitrogen and oxygen atoms in total. The van der Waals surface area contributed by atoms with Crippen LogP contribution in [0.1, 0.15) is 13.8 Å². The van der Waals surface area contributed by atoms with Crippen LogP contribution >= 0.6 is 0 Å². The molecule has 0 saturated heterocycles. The van der Waals surface area contributed by atoms with Crippen molar-refractivity contribution in [1.29, 1.82) is 0 Å². The van der Waals surface area contributed by atoms with Crippen molar-refractivity contribution < 1.29 is 23.0 Å². The average molecular weight is 304 g/mol. The normalized spacial score (nSPS) is 12.2. The molecule has 0 radical (unpaired) electrons. The van der Waals surface area contributed by atoms with Crippen LogP contribution in [-0.4, -0.2) is 39.9 Å². The van der Waals surface area contributed by atoms with Gasteiger partial charge in [-0.15, -0.1) is 0 Å². The fraction of sp³-hybridized carbons (Fsp3) is 0.500. The zero-order chi connectivity index (χ0) is 15.6. The zero-order valence-electron chi connectivity index (χ0n) is 11.9. The third kappa shape index (κ3) is 3.53. The molecular weight excluding hydrogens is 284 g/mol. The number of aliphatic hydroxyl groups is 1. The van der Waals surface area contributed by atoms with Gasteiger partial charge in [0.25, 0.3) is 0 Å². The Kier molecular flexibility index (Phi) is 4.85. The highest BCUT2D eigenvalue weighted by atomic mass is 32.2. The van der Waals surface area contributed by atoms with Crippen molar-refractivity contribution in [3.63, 3.8) is 0 Å². The Hall–Kier alpha value is -1.51. The molecule has 0 amide bonds. The smallest absolute Gasteiger partial charge is 0.244 e. The summed E-state index contributed by atoms with van der Waals surface area (Å²) in [6.45, 7) is 2.77. The summed E-state index contributed by atoms with van der Waals surface area (Å²) in [4.78, 5) is -0.111. The first-order valence-electron chi connectivity index (χ1n) is 5.83. The van der Waals surface area contributed by atoms with Gasteiger partial charge in [-0.2, -0.15) is 0 Å². The average Bonchev–Trinajstić information content (AvgIpc) is 2.37. The van der Waals surface area contributed by atoms with Gasteiger partial charge >= 0.3 is 0 Å². The fourth-order valence-corrected chi connectivity index (χ4v) is 3.15. The standard InChI is InChI=1S/C12H20N2O5S/c1-12(2,7-15)14-20(16,17)11-5-8(13)9(18-3)6-10(11)19-4/h5-6,14-15H,7,13H2,1-4H3. The van der Waals surface area contributed by atoms with E-state index in [4.69, 9.17) is 20.3 Å². The molecule has 0 fully saturated rings. The predicted molar refractivity (Wildman–Crippen MR) is 75.4 cm³/mol. The molecule has 0 aromatic heterocycles. The third-order valence-electron chi connectivity index (χ3n) is 2.61. The molecule has 0 spiro atoms. The van der Waals surface area contributed by atoms with Crippen molar-refractivity contribution in [3.8, 4) is 11.5 Å². The summed E-state index contributed by atoms with van der Waals surface area (Å²) in [5.41, 5.74) is 4.90. The van der Waals surface area contributed by atoms with Crippen molar-refractivity contribution in [3.05, 3.63) is 12.1 Å². The van der Waals surface area contributed by atoms with Gasteiger partial charge in [0, 0.05) is 6.07 Å². The molecule has 0 aliphatic carbocycles. The number of sulfonamides is 1. The van der Waals surface area contributed by atoms with Crippen LogP contribution in [0, 0.1) is 0 Å². The lowest BCUT2D eigenvalue weighted by Crippen LogP contribution is -2.46. The Labute approximate surface area is 118 Å². The Morgan fingerprint density at radius 1 is 1.25 bits per heavy atom. The van der Waals surface area contributed by atoms with Crippen LogP contribution in [0.2, 0.25) is 0 Å². The minimum Gasteiger partial charge on any atom is -0.495 e. The van der Waals surface area contributed by atoms with E-state index >= 15 is 0 Å². The molecule has 20 heavy (non-hydrogen) atoms. The maximum atomic E-state index is 12.3. The lowest BCUT2D eigenvalue weighted by molar-refractivity contribution is 0.208. The Morgan fingerprint density at radius 3 is 2.25 bits per heavy atom. The number of anilines is 1. The summed E-state index contributed by atoms with van der Waals surface area (Å²) in [6.07, 6.45) is 0. The maximum Gasteiger partial charge on any atom is 0.244 e. The van der Waals surface area contributed by atoms with Gasteiger partial charge in [0.2, 0.25) is 10.0 Å². The van der Waals surface area contributed by atoms with Gasteiger partial charge < -0.3 is 20.3 Å². The van der Waals surface area contributed by atoms with E-state index in [9.17, 15) is 8.42 Å². The van der Waals surface area contributed by atoms with Crippen molar-refractivity contribution in [2.45, 2.75) is 24.3 Å². The number of benzene rings is 1. The number of nitrogens with one attached hydrogen (secondary N) is 1. The number of hydrogen-bond acceptors (Lipinski definition) is 6. The van der Waals surface area contributed by atoms with Gasteiger partial charge in [-0.05, 0) is 19.9 Å². The highest BCUT2D eigenvalue weighted by Gasteiger charge is 2.28. The Bertz CT molecular complexity index is 584. The molecule has 1 aromatic carbocycles. The van der Waals surface area contributed by atoms with Crippen LogP contribution in [0.5, 0.6) is 11.5 Å². The Morgan fingerprint density at radius 2 is 1.80 bits per heavy atom.